The molecule has 2 rings (SSSR count). The van der Waals surface area contributed by atoms with E-state index in [9.17, 15) is 0 Å². The van der Waals surface area contributed by atoms with E-state index in [1.165, 1.54) is 70.5 Å². The van der Waals surface area contributed by atoms with Gasteiger partial charge < -0.3 is 10.2 Å². The van der Waals surface area contributed by atoms with Gasteiger partial charge in [-0.05, 0) is 45.4 Å². The van der Waals surface area contributed by atoms with E-state index in [-0.39, 0.29) is 5.54 Å². The molecule has 0 aromatic heterocycles. The summed E-state index contributed by atoms with van der Waals surface area (Å²) in [5.74, 6) is 1.33. The summed E-state index contributed by atoms with van der Waals surface area (Å²) >= 11 is 2.19. The summed E-state index contributed by atoms with van der Waals surface area (Å²) < 4.78 is 0. The molecule has 0 radical (unpaired) electrons. The smallest absolute Gasteiger partial charge is 0.0172 e. The highest BCUT2D eigenvalue weighted by Gasteiger charge is 2.35. The summed E-state index contributed by atoms with van der Waals surface area (Å²) in [7, 11) is 0. The second kappa shape index (κ2) is 7.70. The maximum absolute atomic E-state index is 3.82. The number of hydrogen-bond acceptors (Lipinski definition) is 3. The molecular weight excluding hydrogens is 276 g/mol. The van der Waals surface area contributed by atoms with Gasteiger partial charge in [-0.3, -0.25) is 0 Å². The van der Waals surface area contributed by atoms with Gasteiger partial charge >= 0.3 is 0 Å². The van der Waals surface area contributed by atoms with Gasteiger partial charge in [0.15, 0.2) is 0 Å². The van der Waals surface area contributed by atoms with Crippen LogP contribution in [0.15, 0.2) is 0 Å². The molecule has 1 saturated heterocycles. The maximum atomic E-state index is 3.82. The minimum Gasteiger partial charge on any atom is -0.311 e. The van der Waals surface area contributed by atoms with E-state index >= 15 is 0 Å². The first-order chi connectivity index (χ1) is 9.92. The third-order valence-electron chi connectivity index (χ3n) is 5.15. The van der Waals surface area contributed by atoms with Crippen molar-refractivity contribution in [3.63, 3.8) is 0 Å². The van der Waals surface area contributed by atoms with Crippen molar-refractivity contribution >= 4 is 11.8 Å². The highest BCUT2D eigenvalue weighted by atomic mass is 32.2. The highest BCUT2D eigenvalue weighted by Crippen LogP contribution is 2.38. The zero-order valence-corrected chi connectivity index (χ0v) is 15.5. The van der Waals surface area contributed by atoms with Crippen LogP contribution in [0.4, 0.5) is 0 Å². The molecule has 0 aromatic carbocycles. The minimum absolute atomic E-state index is 0.244. The Bertz CT molecular complexity index is 305. The normalized spacial score (nSPS) is 27.7. The molecule has 0 amide bonds. The predicted molar refractivity (Wildman–Crippen MR) is 96.3 cm³/mol. The van der Waals surface area contributed by atoms with E-state index < -0.39 is 0 Å². The maximum Gasteiger partial charge on any atom is 0.0172 e. The molecule has 1 saturated carbocycles. The molecule has 0 aromatic rings. The van der Waals surface area contributed by atoms with Crippen LogP contribution in [0.1, 0.15) is 66.2 Å². The highest BCUT2D eigenvalue weighted by molar-refractivity contribution is 8.00. The van der Waals surface area contributed by atoms with E-state index in [0.29, 0.717) is 5.41 Å². The first kappa shape index (κ1) is 17.6. The van der Waals surface area contributed by atoms with E-state index in [4.69, 9.17) is 0 Å². The number of nitrogens with one attached hydrogen (secondary N) is 1. The van der Waals surface area contributed by atoms with Crippen LogP contribution in [-0.2, 0) is 0 Å². The van der Waals surface area contributed by atoms with Crippen molar-refractivity contribution in [2.24, 2.45) is 5.41 Å². The number of rotatable bonds is 5. The second-order valence-electron chi connectivity index (χ2n) is 8.30. The quantitative estimate of drug-likeness (QED) is 0.821. The molecular formula is C18H36N2S. The Balaban J connectivity index is 1.95. The Morgan fingerprint density at radius 3 is 2.52 bits per heavy atom. The molecule has 1 heterocycles. The summed E-state index contributed by atoms with van der Waals surface area (Å²) in [5, 5.41) is 4.69. The van der Waals surface area contributed by atoms with Crippen LogP contribution < -0.4 is 5.32 Å². The fourth-order valence-electron chi connectivity index (χ4n) is 3.79. The molecule has 1 unspecified atom stereocenters. The van der Waals surface area contributed by atoms with Gasteiger partial charge in [-0.15, -0.1) is 0 Å². The van der Waals surface area contributed by atoms with Crippen molar-refractivity contribution in [3.8, 4) is 0 Å². The average molecular weight is 313 g/mol. The Morgan fingerprint density at radius 1 is 1.19 bits per heavy atom. The van der Waals surface area contributed by atoms with Crippen LogP contribution in [0.2, 0.25) is 0 Å². The van der Waals surface area contributed by atoms with Gasteiger partial charge in [-0.1, -0.05) is 26.2 Å². The summed E-state index contributed by atoms with van der Waals surface area (Å²) in [6, 6.07) is 0. The van der Waals surface area contributed by atoms with Crippen LogP contribution in [0.25, 0.3) is 0 Å². The lowest BCUT2D eigenvalue weighted by atomic mass is 9.73. The van der Waals surface area contributed by atoms with Gasteiger partial charge in [0.1, 0.15) is 0 Å². The average Bonchev–Trinajstić information content (AvgIpc) is 2.46. The van der Waals surface area contributed by atoms with Crippen LogP contribution >= 0.6 is 11.8 Å². The number of thioether (sulfide) groups is 1. The topological polar surface area (TPSA) is 15.3 Å². The lowest BCUT2D eigenvalue weighted by Gasteiger charge is -2.44. The summed E-state index contributed by atoms with van der Waals surface area (Å²) in [6.45, 7) is 14.4. The van der Waals surface area contributed by atoms with E-state index in [1.54, 1.807) is 0 Å². The van der Waals surface area contributed by atoms with E-state index in [2.05, 4.69) is 49.7 Å². The predicted octanol–water partition coefficient (Wildman–Crippen LogP) is 4.15. The fraction of sp³-hybridized carbons (Fsp3) is 1.00. The van der Waals surface area contributed by atoms with Gasteiger partial charge in [0.05, 0.1) is 0 Å². The molecule has 124 valence electrons. The van der Waals surface area contributed by atoms with Gasteiger partial charge in [0, 0.05) is 42.7 Å². The summed E-state index contributed by atoms with van der Waals surface area (Å²) in [5.41, 5.74) is 0.778. The van der Waals surface area contributed by atoms with Crippen LogP contribution in [-0.4, -0.2) is 47.6 Å². The molecule has 3 heteroatoms. The van der Waals surface area contributed by atoms with Crippen molar-refractivity contribution < 1.29 is 0 Å². The molecule has 1 aliphatic carbocycles. The van der Waals surface area contributed by atoms with Gasteiger partial charge in [0.2, 0.25) is 0 Å². The Labute approximate surface area is 136 Å². The Morgan fingerprint density at radius 2 is 1.90 bits per heavy atom. The van der Waals surface area contributed by atoms with Crippen molar-refractivity contribution in [1.82, 2.24) is 10.2 Å². The SMILES string of the molecule is CCC1CN(CC2(CNC(C)(C)C)CCCCC2)CCS1. The molecule has 1 N–H and O–H groups in total. The minimum atomic E-state index is 0.244. The largest absolute Gasteiger partial charge is 0.311 e. The molecule has 2 fully saturated rings. The van der Waals surface area contributed by atoms with Crippen molar-refractivity contribution in [1.29, 1.82) is 0 Å². The van der Waals surface area contributed by atoms with E-state index in [0.717, 1.165) is 5.25 Å². The third kappa shape index (κ3) is 5.76. The monoisotopic (exact) mass is 312 g/mol. The standard InChI is InChI=1S/C18H36N2S/c1-5-16-13-20(11-12-21-16)15-18(9-7-6-8-10-18)14-19-17(2,3)4/h16,19H,5-15H2,1-4H3. The molecule has 0 bridgehead atoms. The number of hydrogen-bond donors (Lipinski definition) is 1. The zero-order valence-electron chi connectivity index (χ0n) is 14.7. The van der Waals surface area contributed by atoms with Crippen LogP contribution in [0.5, 0.6) is 0 Å². The lowest BCUT2D eigenvalue weighted by molar-refractivity contribution is 0.0964. The summed E-state index contributed by atoms with van der Waals surface area (Å²) in [4.78, 5) is 2.78. The molecule has 1 atom stereocenters. The Kier molecular flexibility index (Phi) is 6.46. The fourth-order valence-corrected chi connectivity index (χ4v) is 5.04. The first-order valence-corrected chi connectivity index (χ1v) is 10.1. The third-order valence-corrected chi connectivity index (χ3v) is 6.52. The van der Waals surface area contributed by atoms with Gasteiger partial charge in [-0.25, -0.2) is 0 Å². The van der Waals surface area contributed by atoms with Crippen LogP contribution in [0, 0.1) is 5.41 Å². The second-order valence-corrected chi connectivity index (χ2v) is 9.71. The van der Waals surface area contributed by atoms with Gasteiger partial charge in [-0.2, -0.15) is 11.8 Å². The summed E-state index contributed by atoms with van der Waals surface area (Å²) in [6.07, 6.45) is 8.50. The lowest BCUT2D eigenvalue weighted by Crippen LogP contribution is -2.51. The van der Waals surface area contributed by atoms with Crippen molar-refractivity contribution in [2.75, 3.05) is 31.9 Å². The molecule has 1 aliphatic heterocycles. The van der Waals surface area contributed by atoms with Crippen molar-refractivity contribution in [3.05, 3.63) is 0 Å². The van der Waals surface area contributed by atoms with Gasteiger partial charge in [0.25, 0.3) is 0 Å². The molecule has 21 heavy (non-hydrogen) atoms. The molecule has 0 spiro atoms. The van der Waals surface area contributed by atoms with E-state index in [1.807, 2.05) is 0 Å². The number of nitrogens with zero attached hydrogens (tertiary/aromatic N) is 1. The molecule has 2 nitrogen and oxygen atoms in total. The van der Waals surface area contributed by atoms with Crippen LogP contribution in [0.3, 0.4) is 0 Å². The van der Waals surface area contributed by atoms with Crippen molar-refractivity contribution in [2.45, 2.75) is 77.0 Å². The Hall–Kier alpha value is 0.270. The molecule has 2 aliphatic rings. The first-order valence-electron chi connectivity index (χ1n) is 9.01. The zero-order chi connectivity index (χ0) is 15.3.